The zero-order chi connectivity index (χ0) is 39.3. The van der Waals surface area contributed by atoms with Crippen LogP contribution in [0, 0.1) is 12.3 Å². The minimum absolute atomic E-state index is 0.0587. The molecular formula is C24H32BN11O15P3. The third kappa shape index (κ3) is 8.52. The Kier molecular flexibility index (Phi) is 11.1. The van der Waals surface area contributed by atoms with Gasteiger partial charge < -0.3 is 53.1 Å². The normalized spacial score (nSPS) is 27.1. The number of aliphatic hydroxyl groups excluding tert-OH is 2. The maximum Gasteiger partial charge on any atom is 0.476 e. The van der Waals surface area contributed by atoms with Gasteiger partial charge in [0.2, 0.25) is 11.5 Å². The molecule has 0 saturated carbocycles. The van der Waals surface area contributed by atoms with Crippen molar-refractivity contribution in [2.75, 3.05) is 44.3 Å². The Bertz CT molecular complexity index is 2380. The molecule has 30 heteroatoms. The van der Waals surface area contributed by atoms with Crippen LogP contribution in [0.25, 0.3) is 22.3 Å². The first-order chi connectivity index (χ1) is 25.3. The molecule has 0 spiro atoms. The van der Waals surface area contributed by atoms with Crippen LogP contribution < -0.4 is 27.2 Å². The van der Waals surface area contributed by atoms with Crippen molar-refractivity contribution in [1.29, 1.82) is 0 Å². The number of aryl methyl sites for hydroxylation is 1. The number of ether oxygens (including phenoxy) is 2. The van der Waals surface area contributed by atoms with E-state index in [0.717, 1.165) is 10.9 Å². The van der Waals surface area contributed by atoms with E-state index >= 15 is 0 Å². The minimum atomic E-state index is -5.52. The third-order valence-electron chi connectivity index (χ3n) is 7.96. The van der Waals surface area contributed by atoms with Gasteiger partial charge in [0.15, 0.2) is 29.9 Å². The molecule has 6 heterocycles. The number of anilines is 2. The zero-order valence-corrected chi connectivity index (χ0v) is 30.4. The van der Waals surface area contributed by atoms with Crippen LogP contribution in [0.15, 0.2) is 22.2 Å². The van der Waals surface area contributed by atoms with Crippen LogP contribution in [0.5, 0.6) is 0 Å². The molecule has 6 rings (SSSR count). The van der Waals surface area contributed by atoms with Gasteiger partial charge >= 0.3 is 21.3 Å². The lowest BCUT2D eigenvalue weighted by atomic mass is 10.1. The van der Waals surface area contributed by atoms with Gasteiger partial charge in [0, 0.05) is 6.54 Å². The molecule has 2 saturated heterocycles. The number of phosphoric ester groups is 2. The van der Waals surface area contributed by atoms with E-state index in [1.807, 2.05) is 0 Å². The molecule has 10 N–H and O–H groups in total. The average Bonchev–Trinajstić information content (AvgIpc) is 3.71. The van der Waals surface area contributed by atoms with Gasteiger partial charge in [0.25, 0.3) is 17.1 Å². The average molecular weight is 818 g/mol. The SMILES string of the molecule is [B-]P(=O)(OP(=O)(O)OCC1CN(CC#C)CC([n+]2cn(C)c3c(=O)[nH]c(N)nc32)O1)OP(=O)(O)OC[C@H]1O[C@@H](n2cnc3c(=O)[nH]c(N)nc32)[C@H](O)[C@@H]1O. The van der Waals surface area contributed by atoms with Crippen molar-refractivity contribution in [2.24, 2.45) is 7.05 Å². The molecule has 2 aliphatic rings. The minimum Gasteiger partial charge on any atom is -0.442 e. The quantitative estimate of drug-likeness (QED) is 0.0286. The van der Waals surface area contributed by atoms with Gasteiger partial charge in [-0.3, -0.25) is 42.6 Å². The number of nitrogen functional groups attached to an aromatic ring is 2. The number of nitrogens with two attached hydrogens (primary N) is 2. The Morgan fingerprint density at radius 1 is 1.04 bits per heavy atom. The number of phosphoric acid groups is 2. The lowest BCUT2D eigenvalue weighted by Crippen LogP contribution is -2.55. The molecule has 2 aliphatic heterocycles. The fraction of sp³-hybridized carbons (Fsp3) is 0.500. The lowest BCUT2D eigenvalue weighted by molar-refractivity contribution is -0.747. The van der Waals surface area contributed by atoms with E-state index in [9.17, 15) is 43.3 Å². The van der Waals surface area contributed by atoms with E-state index in [2.05, 4.69) is 39.5 Å². The molecule has 3 radical (unpaired) electrons. The first-order valence-electron chi connectivity index (χ1n) is 15.3. The number of hydrogen-bond donors (Lipinski definition) is 8. The summed E-state index contributed by atoms with van der Waals surface area (Å²) < 4.78 is 72.2. The predicted molar refractivity (Wildman–Crippen MR) is 181 cm³/mol. The van der Waals surface area contributed by atoms with Crippen LogP contribution in [0.1, 0.15) is 12.5 Å². The fourth-order valence-corrected chi connectivity index (χ4v) is 9.55. The van der Waals surface area contributed by atoms with E-state index in [1.165, 1.54) is 15.5 Å². The molecule has 291 valence electrons. The monoisotopic (exact) mass is 818 g/mol. The highest BCUT2D eigenvalue weighted by Crippen LogP contribution is 2.67. The summed E-state index contributed by atoms with van der Waals surface area (Å²) in [6.45, 7) is -1.36. The van der Waals surface area contributed by atoms with Crippen LogP contribution in [-0.4, -0.2) is 124 Å². The standard InChI is InChI=1S/C24H31BN11O15P3/c1-3-4-34-5-11(48-13(6-34)36-10-33(2)15-19(36)30-24(27)32-21(15)40)7-46-53(42,43)50-52(25,41)51-54(44,45)47-8-12-16(37)17(38)22(49-12)35-9-28-14-18(35)29-23(26)31-20(14)39/h1,9-13,16-17,22,37-38H,4-8H2,2H3,(H7-,26,27,29,30,31,32,39,40,42,43,44,45)/q-1/p+1/t11?,12-,13?,16-,17-,22-,52?/m1/s1. The Morgan fingerprint density at radius 3 is 2.37 bits per heavy atom. The van der Waals surface area contributed by atoms with Gasteiger partial charge in [-0.25, -0.2) is 27.3 Å². The van der Waals surface area contributed by atoms with Gasteiger partial charge in [0.05, 0.1) is 53.3 Å². The number of aromatic amines is 2. The molecule has 4 aromatic rings. The first kappa shape index (κ1) is 39.9. The summed E-state index contributed by atoms with van der Waals surface area (Å²) in [4.78, 5) is 63.4. The van der Waals surface area contributed by atoms with Crippen LogP contribution in [-0.2, 0) is 47.9 Å². The summed E-state index contributed by atoms with van der Waals surface area (Å²) in [6.07, 6.45) is -0.292. The highest BCUT2D eigenvalue weighted by Gasteiger charge is 2.46. The molecule has 5 unspecified atom stereocenters. The maximum absolute atomic E-state index is 12.8. The number of fused-ring (bicyclic) bond motifs is 2. The second kappa shape index (κ2) is 15.0. The van der Waals surface area contributed by atoms with Crippen molar-refractivity contribution in [1.82, 2.24) is 39.0 Å². The van der Waals surface area contributed by atoms with E-state index in [0.29, 0.717) is 0 Å². The van der Waals surface area contributed by atoms with Gasteiger partial charge in [-0.15, -0.1) is 6.42 Å². The van der Waals surface area contributed by atoms with Crippen LogP contribution in [0.4, 0.5) is 11.9 Å². The number of nitrogens with zero attached hydrogens (tertiary/aromatic N) is 7. The predicted octanol–water partition coefficient (Wildman–Crippen LogP) is -3.16. The van der Waals surface area contributed by atoms with Crippen molar-refractivity contribution in [3.8, 4) is 12.3 Å². The first-order valence-corrected chi connectivity index (χ1v) is 19.9. The van der Waals surface area contributed by atoms with Crippen LogP contribution in [0.2, 0.25) is 0 Å². The summed E-state index contributed by atoms with van der Waals surface area (Å²) >= 11 is 0. The van der Waals surface area contributed by atoms with Gasteiger partial charge in [-0.05, 0) is 0 Å². The van der Waals surface area contributed by atoms with Crippen molar-refractivity contribution in [3.63, 3.8) is 0 Å². The number of imidazole rings is 2. The van der Waals surface area contributed by atoms with Crippen molar-refractivity contribution < 1.29 is 65.4 Å². The summed E-state index contributed by atoms with van der Waals surface area (Å²) in [7, 11) is -9.46. The molecule has 0 aromatic carbocycles. The maximum atomic E-state index is 12.8. The fourth-order valence-electron chi connectivity index (χ4n) is 5.80. The number of H-pyrrole nitrogens is 2. The Labute approximate surface area is 303 Å². The zero-order valence-electron chi connectivity index (χ0n) is 27.7. The van der Waals surface area contributed by atoms with Crippen molar-refractivity contribution in [2.45, 2.75) is 36.9 Å². The molecule has 2 fully saturated rings. The molecule has 0 bridgehead atoms. The lowest BCUT2D eigenvalue weighted by Gasteiger charge is -2.36. The van der Waals surface area contributed by atoms with E-state index < -0.39 is 84.3 Å². The Morgan fingerprint density at radius 2 is 1.69 bits per heavy atom. The summed E-state index contributed by atoms with van der Waals surface area (Å²) in [5.41, 5.74) is 10.1. The molecule has 54 heavy (non-hydrogen) atoms. The summed E-state index contributed by atoms with van der Waals surface area (Å²) in [6, 6.07) is 0. The molecular weight excluding hydrogens is 786 g/mol. The highest BCUT2D eigenvalue weighted by atomic mass is 31.3. The number of nitrogens with one attached hydrogen (secondary N) is 2. The number of aromatic nitrogens is 8. The van der Waals surface area contributed by atoms with Crippen molar-refractivity contribution in [3.05, 3.63) is 33.4 Å². The molecule has 0 amide bonds. The van der Waals surface area contributed by atoms with Gasteiger partial charge in [0.1, 0.15) is 18.3 Å². The Hall–Kier alpha value is -3.83. The molecule has 9 atom stereocenters. The molecule has 26 nitrogen and oxygen atoms in total. The smallest absolute Gasteiger partial charge is 0.442 e. The highest BCUT2D eigenvalue weighted by molar-refractivity contribution is 7.86. The summed E-state index contributed by atoms with van der Waals surface area (Å²) in [5, 5.41) is 21.1. The van der Waals surface area contributed by atoms with E-state index in [4.69, 9.17) is 44.0 Å². The van der Waals surface area contributed by atoms with Gasteiger partial charge in [-0.2, -0.15) is 4.98 Å². The number of morpholine rings is 1. The number of terminal acetylenes is 1. The topological polar surface area (TPSA) is 361 Å². The largest absolute Gasteiger partial charge is 0.476 e. The van der Waals surface area contributed by atoms with Crippen LogP contribution >= 0.6 is 23.1 Å². The number of rotatable bonds is 13. The second-order valence-corrected chi connectivity index (χ2v) is 16.7. The van der Waals surface area contributed by atoms with Crippen LogP contribution in [0.3, 0.4) is 0 Å². The summed E-state index contributed by atoms with van der Waals surface area (Å²) in [5.74, 6) is 2.03. The second-order valence-electron chi connectivity index (χ2n) is 11.9. The molecule has 4 aromatic heterocycles. The van der Waals surface area contributed by atoms with E-state index in [-0.39, 0.29) is 53.9 Å². The van der Waals surface area contributed by atoms with Crippen molar-refractivity contribution >= 4 is 64.9 Å². The van der Waals surface area contributed by atoms with E-state index in [1.54, 1.807) is 11.9 Å². The number of aliphatic hydroxyl groups is 2. The number of hydrogen-bond acceptors (Lipinski definition) is 19. The molecule has 0 aliphatic carbocycles. The Balaban J connectivity index is 1.06. The van der Waals surface area contributed by atoms with Gasteiger partial charge in [-0.1, -0.05) is 10.9 Å². The third-order valence-corrected chi connectivity index (χ3v) is 12.4.